The van der Waals surface area contributed by atoms with Crippen LogP contribution in [0.1, 0.15) is 12.8 Å². The van der Waals surface area contributed by atoms with E-state index in [2.05, 4.69) is 25.8 Å². The highest BCUT2D eigenvalue weighted by molar-refractivity contribution is 5.80. The summed E-state index contributed by atoms with van der Waals surface area (Å²) in [6.07, 6.45) is 6.83. The average Bonchev–Trinajstić information content (AvgIpc) is 3.30. The van der Waals surface area contributed by atoms with Crippen LogP contribution < -0.4 is 15.4 Å². The van der Waals surface area contributed by atoms with Gasteiger partial charge in [-0.25, -0.2) is 14.4 Å². The van der Waals surface area contributed by atoms with Crippen LogP contribution in [0.15, 0.2) is 59.6 Å². The number of hydrogen-bond donors (Lipinski definition) is 2. The first-order valence-corrected chi connectivity index (χ1v) is 9.85. The monoisotopic (exact) mass is 405 g/mol. The lowest BCUT2D eigenvalue weighted by atomic mass is 10.1. The average molecular weight is 405 g/mol. The molecule has 2 aromatic heterocycles. The molecule has 7 nitrogen and oxygen atoms in total. The fourth-order valence-electron chi connectivity index (χ4n) is 3.53. The highest BCUT2D eigenvalue weighted by Gasteiger charge is 2.15. The lowest BCUT2D eigenvalue weighted by Crippen LogP contribution is -2.34. The molecule has 1 aliphatic heterocycles. The van der Waals surface area contributed by atoms with Crippen LogP contribution in [-0.2, 0) is 0 Å². The van der Waals surface area contributed by atoms with Gasteiger partial charge in [0, 0.05) is 34.5 Å². The van der Waals surface area contributed by atoms with Gasteiger partial charge in [0.05, 0.1) is 11.7 Å². The molecule has 0 radical (unpaired) electrons. The highest BCUT2D eigenvalue weighted by Crippen LogP contribution is 2.28. The van der Waals surface area contributed by atoms with E-state index >= 15 is 0 Å². The normalized spacial score (nSPS) is 14.7. The number of nitrogens with zero attached hydrogens (tertiary/aromatic N) is 3. The van der Waals surface area contributed by atoms with E-state index < -0.39 is 0 Å². The van der Waals surface area contributed by atoms with Gasteiger partial charge in [-0.15, -0.1) is 0 Å². The van der Waals surface area contributed by atoms with Crippen LogP contribution in [0, 0.1) is 5.82 Å². The number of rotatable bonds is 5. The van der Waals surface area contributed by atoms with Gasteiger partial charge in [-0.3, -0.25) is 0 Å². The van der Waals surface area contributed by atoms with Crippen molar-refractivity contribution in [2.24, 2.45) is 0 Å². The summed E-state index contributed by atoms with van der Waals surface area (Å²) < 4.78 is 25.1. The first-order chi connectivity index (χ1) is 14.7. The Labute approximate surface area is 172 Å². The second-order valence-electron chi connectivity index (χ2n) is 7.21. The zero-order chi connectivity index (χ0) is 20.3. The molecule has 2 N–H and O–H groups in total. The number of fused-ring (bicyclic) bond motifs is 1. The molecular formula is C22H20FN5O2. The van der Waals surface area contributed by atoms with Crippen molar-refractivity contribution >= 4 is 22.5 Å². The Kier molecular flexibility index (Phi) is 4.98. The summed E-state index contributed by atoms with van der Waals surface area (Å²) in [5.41, 5.74) is 2.39. The SMILES string of the molecule is Fc1ccc(Nc2ncc3ccc(OC4CCNCC4)cc3n2)cc1-c1cnoc1. The fraction of sp³-hybridized carbons (Fsp3) is 0.227. The van der Waals surface area contributed by atoms with Crippen LogP contribution in [-0.4, -0.2) is 34.3 Å². The molecule has 0 spiro atoms. The van der Waals surface area contributed by atoms with Gasteiger partial charge in [-0.2, -0.15) is 0 Å². The second kappa shape index (κ2) is 8.08. The third-order valence-electron chi connectivity index (χ3n) is 5.11. The van der Waals surface area contributed by atoms with Crippen LogP contribution in [0.4, 0.5) is 16.0 Å². The Morgan fingerprint density at radius 3 is 2.83 bits per heavy atom. The first-order valence-electron chi connectivity index (χ1n) is 9.85. The van der Waals surface area contributed by atoms with E-state index in [1.54, 1.807) is 18.3 Å². The Bertz CT molecular complexity index is 1160. The van der Waals surface area contributed by atoms with E-state index in [0.717, 1.165) is 42.6 Å². The van der Waals surface area contributed by atoms with Gasteiger partial charge >= 0.3 is 0 Å². The van der Waals surface area contributed by atoms with E-state index in [-0.39, 0.29) is 11.9 Å². The van der Waals surface area contributed by atoms with Crippen LogP contribution in [0.5, 0.6) is 5.75 Å². The summed E-state index contributed by atoms with van der Waals surface area (Å²) >= 11 is 0. The summed E-state index contributed by atoms with van der Waals surface area (Å²) in [7, 11) is 0. The molecule has 1 saturated heterocycles. The predicted molar refractivity (Wildman–Crippen MR) is 111 cm³/mol. The molecule has 0 atom stereocenters. The maximum Gasteiger partial charge on any atom is 0.227 e. The van der Waals surface area contributed by atoms with Crippen molar-refractivity contribution in [2.45, 2.75) is 18.9 Å². The third kappa shape index (κ3) is 3.95. The molecule has 0 bridgehead atoms. The fourth-order valence-corrected chi connectivity index (χ4v) is 3.53. The van der Waals surface area contributed by atoms with Crippen LogP contribution in [0.2, 0.25) is 0 Å². The van der Waals surface area contributed by atoms with Gasteiger partial charge in [-0.1, -0.05) is 5.16 Å². The molecule has 0 unspecified atom stereocenters. The van der Waals surface area contributed by atoms with Gasteiger partial charge in [0.1, 0.15) is 23.9 Å². The third-order valence-corrected chi connectivity index (χ3v) is 5.11. The largest absolute Gasteiger partial charge is 0.490 e. The number of piperidine rings is 1. The minimum atomic E-state index is -0.358. The van der Waals surface area contributed by atoms with E-state index in [1.165, 1.54) is 18.5 Å². The Balaban J connectivity index is 1.38. The van der Waals surface area contributed by atoms with Gasteiger partial charge in [-0.05, 0) is 56.3 Å². The van der Waals surface area contributed by atoms with Crippen molar-refractivity contribution in [3.63, 3.8) is 0 Å². The van der Waals surface area contributed by atoms with Crippen molar-refractivity contribution in [3.05, 3.63) is 60.9 Å². The molecule has 2 aromatic carbocycles. The van der Waals surface area contributed by atoms with Crippen molar-refractivity contribution in [3.8, 4) is 16.9 Å². The van der Waals surface area contributed by atoms with Gasteiger partial charge in [0.2, 0.25) is 5.95 Å². The van der Waals surface area contributed by atoms with Crippen molar-refractivity contribution < 1.29 is 13.7 Å². The van der Waals surface area contributed by atoms with Crippen molar-refractivity contribution in [2.75, 3.05) is 18.4 Å². The summed E-state index contributed by atoms with van der Waals surface area (Å²) in [6, 6.07) is 10.5. The predicted octanol–water partition coefficient (Wildman–Crippen LogP) is 4.30. The zero-order valence-electron chi connectivity index (χ0n) is 16.1. The molecule has 3 heterocycles. The number of ether oxygens (including phenoxy) is 1. The minimum absolute atomic E-state index is 0.221. The molecule has 0 aliphatic carbocycles. The smallest absolute Gasteiger partial charge is 0.227 e. The molecule has 0 saturated carbocycles. The summed E-state index contributed by atoms with van der Waals surface area (Å²) in [5, 5.41) is 11.0. The van der Waals surface area contributed by atoms with Gasteiger partial charge in [0.15, 0.2) is 0 Å². The van der Waals surface area contributed by atoms with Crippen molar-refractivity contribution in [1.82, 2.24) is 20.4 Å². The zero-order valence-corrected chi connectivity index (χ0v) is 16.1. The molecule has 4 aromatic rings. The van der Waals surface area contributed by atoms with E-state index in [4.69, 9.17) is 9.26 Å². The van der Waals surface area contributed by atoms with Gasteiger partial charge in [0.25, 0.3) is 0 Å². The Morgan fingerprint density at radius 1 is 1.10 bits per heavy atom. The Morgan fingerprint density at radius 2 is 2.00 bits per heavy atom. The molecule has 8 heteroatoms. The summed E-state index contributed by atoms with van der Waals surface area (Å²) in [4.78, 5) is 8.97. The molecule has 152 valence electrons. The first kappa shape index (κ1) is 18.5. The molecule has 30 heavy (non-hydrogen) atoms. The van der Waals surface area contributed by atoms with E-state index in [9.17, 15) is 4.39 Å². The molecular weight excluding hydrogens is 385 g/mol. The molecule has 0 amide bonds. The maximum absolute atomic E-state index is 14.2. The topological polar surface area (TPSA) is 85.1 Å². The lowest BCUT2D eigenvalue weighted by Gasteiger charge is -2.23. The number of benzene rings is 2. The number of hydrogen-bond acceptors (Lipinski definition) is 7. The van der Waals surface area contributed by atoms with E-state index in [1.807, 2.05) is 18.2 Å². The number of nitrogens with one attached hydrogen (secondary N) is 2. The maximum atomic E-state index is 14.2. The minimum Gasteiger partial charge on any atom is -0.490 e. The molecule has 1 aliphatic rings. The number of halogens is 1. The molecule has 1 fully saturated rings. The quantitative estimate of drug-likeness (QED) is 0.512. The van der Waals surface area contributed by atoms with E-state index in [0.29, 0.717) is 22.8 Å². The lowest BCUT2D eigenvalue weighted by molar-refractivity contribution is 0.162. The summed E-state index contributed by atoms with van der Waals surface area (Å²) in [6.45, 7) is 1.95. The standard InChI is InChI=1S/C22H20FN5O2/c23-20-4-2-16(9-19(20)15-12-26-29-13-15)27-22-25-11-14-1-3-18(10-21(14)28-22)30-17-5-7-24-8-6-17/h1-4,9-13,17,24H,5-8H2,(H,25,27,28). The molecule has 5 rings (SSSR count). The Hall–Kier alpha value is -3.52. The number of aromatic nitrogens is 3. The van der Waals surface area contributed by atoms with Crippen molar-refractivity contribution in [1.29, 1.82) is 0 Å². The van der Waals surface area contributed by atoms with Crippen LogP contribution in [0.25, 0.3) is 22.0 Å². The van der Waals surface area contributed by atoms with Crippen LogP contribution >= 0.6 is 0 Å². The van der Waals surface area contributed by atoms with Gasteiger partial charge < -0.3 is 19.9 Å². The van der Waals surface area contributed by atoms with Crippen LogP contribution in [0.3, 0.4) is 0 Å². The second-order valence-corrected chi connectivity index (χ2v) is 7.21. The number of anilines is 2. The highest BCUT2D eigenvalue weighted by atomic mass is 19.1. The summed E-state index contributed by atoms with van der Waals surface area (Å²) in [5.74, 6) is 0.864.